The highest BCUT2D eigenvalue weighted by Crippen LogP contribution is 2.32. The zero-order chi connectivity index (χ0) is 23.6. The van der Waals surface area contributed by atoms with Crippen LogP contribution in [0.25, 0.3) is 11.1 Å². The molecule has 1 unspecified atom stereocenters. The van der Waals surface area contributed by atoms with Gasteiger partial charge in [0.1, 0.15) is 6.10 Å². The number of primary amides is 1. The summed E-state index contributed by atoms with van der Waals surface area (Å²) in [6.45, 7) is 1.03. The summed E-state index contributed by atoms with van der Waals surface area (Å²) >= 11 is 0. The Balaban J connectivity index is 1.45. The van der Waals surface area contributed by atoms with E-state index in [9.17, 15) is 23.1 Å². The van der Waals surface area contributed by atoms with Crippen LogP contribution >= 0.6 is 0 Å². The number of nitrogens with two attached hydrogens (primary N) is 1. The first-order chi connectivity index (χ1) is 15.7. The SMILES string of the molecule is NC(=O)c1ccc(-c2ccc(N3CCC(Oc4ccc(C(F)(F)F)cn4)C3)c(CO)c2)cc1. The Bertz CT molecular complexity index is 1130. The normalized spacial score (nSPS) is 16.1. The van der Waals surface area contributed by atoms with E-state index in [0.29, 0.717) is 25.1 Å². The van der Waals surface area contributed by atoms with Gasteiger partial charge in [-0.2, -0.15) is 13.2 Å². The van der Waals surface area contributed by atoms with Crippen LogP contribution in [0.5, 0.6) is 5.88 Å². The van der Waals surface area contributed by atoms with Gasteiger partial charge in [0, 0.05) is 42.0 Å². The summed E-state index contributed by atoms with van der Waals surface area (Å²) in [7, 11) is 0. The number of hydrogen-bond donors (Lipinski definition) is 2. The van der Waals surface area contributed by atoms with E-state index in [0.717, 1.165) is 34.6 Å². The van der Waals surface area contributed by atoms with Gasteiger partial charge in [0.25, 0.3) is 0 Å². The Kier molecular flexibility index (Phi) is 6.24. The summed E-state index contributed by atoms with van der Waals surface area (Å²) in [5, 5.41) is 9.94. The number of anilines is 1. The minimum absolute atomic E-state index is 0.145. The molecule has 33 heavy (non-hydrogen) atoms. The van der Waals surface area contributed by atoms with Gasteiger partial charge in [0.2, 0.25) is 11.8 Å². The second kappa shape index (κ2) is 9.11. The molecular weight excluding hydrogens is 435 g/mol. The summed E-state index contributed by atoms with van der Waals surface area (Å²) in [6.07, 6.45) is -3.24. The predicted octanol–water partition coefficient (Wildman–Crippen LogP) is 4.02. The molecule has 0 bridgehead atoms. The minimum atomic E-state index is -4.44. The van der Waals surface area contributed by atoms with Crippen molar-refractivity contribution in [2.45, 2.75) is 25.3 Å². The van der Waals surface area contributed by atoms with Crippen LogP contribution in [0, 0.1) is 0 Å². The molecule has 1 aromatic heterocycles. The number of aromatic nitrogens is 1. The molecular formula is C24H22F3N3O3. The molecule has 1 fully saturated rings. The van der Waals surface area contributed by atoms with Crippen LogP contribution in [-0.2, 0) is 12.8 Å². The topological polar surface area (TPSA) is 88.7 Å². The molecule has 172 valence electrons. The maximum absolute atomic E-state index is 12.7. The summed E-state index contributed by atoms with van der Waals surface area (Å²) in [5.74, 6) is -0.350. The number of amides is 1. The van der Waals surface area contributed by atoms with Gasteiger partial charge in [0.15, 0.2) is 0 Å². The summed E-state index contributed by atoms with van der Waals surface area (Å²) in [4.78, 5) is 17.1. The fourth-order valence-corrected chi connectivity index (χ4v) is 3.86. The minimum Gasteiger partial charge on any atom is -0.472 e. The smallest absolute Gasteiger partial charge is 0.417 e. The zero-order valence-corrected chi connectivity index (χ0v) is 17.5. The molecule has 3 aromatic rings. The van der Waals surface area contributed by atoms with Crippen molar-refractivity contribution in [3.63, 3.8) is 0 Å². The molecule has 3 N–H and O–H groups in total. The van der Waals surface area contributed by atoms with Gasteiger partial charge in [-0.15, -0.1) is 0 Å². The Morgan fingerprint density at radius 2 is 1.85 bits per heavy atom. The lowest BCUT2D eigenvalue weighted by atomic mass is 10.0. The quantitative estimate of drug-likeness (QED) is 0.584. The zero-order valence-electron chi connectivity index (χ0n) is 17.5. The van der Waals surface area contributed by atoms with Gasteiger partial charge < -0.3 is 20.5 Å². The van der Waals surface area contributed by atoms with Crippen LogP contribution in [-0.4, -0.2) is 35.2 Å². The van der Waals surface area contributed by atoms with Crippen LogP contribution in [0.15, 0.2) is 60.8 Å². The largest absolute Gasteiger partial charge is 0.472 e. The van der Waals surface area contributed by atoms with Gasteiger partial charge in [-0.1, -0.05) is 18.2 Å². The van der Waals surface area contributed by atoms with E-state index >= 15 is 0 Å². The van der Waals surface area contributed by atoms with E-state index in [4.69, 9.17) is 10.5 Å². The molecule has 1 atom stereocenters. The number of nitrogens with zero attached hydrogens (tertiary/aromatic N) is 2. The molecule has 0 aliphatic carbocycles. The molecule has 4 rings (SSSR count). The average molecular weight is 457 g/mol. The number of halogens is 3. The second-order valence-corrected chi connectivity index (χ2v) is 7.80. The number of hydrogen-bond acceptors (Lipinski definition) is 5. The average Bonchev–Trinajstić information content (AvgIpc) is 3.26. The lowest BCUT2D eigenvalue weighted by molar-refractivity contribution is -0.137. The van der Waals surface area contributed by atoms with E-state index in [1.54, 1.807) is 24.3 Å². The highest BCUT2D eigenvalue weighted by molar-refractivity contribution is 5.93. The van der Waals surface area contributed by atoms with Gasteiger partial charge in [0.05, 0.1) is 18.7 Å². The number of rotatable bonds is 6. The fourth-order valence-electron chi connectivity index (χ4n) is 3.86. The standard InChI is InChI=1S/C24H22F3N3O3/c25-24(26,27)19-6-8-22(29-12-19)33-20-9-10-30(13-20)21-7-5-17(11-18(21)14-31)15-1-3-16(4-2-15)23(28)32/h1-8,11-12,20,31H,9-10,13-14H2,(H2,28,32). The van der Waals surface area contributed by atoms with Crippen molar-refractivity contribution in [3.05, 3.63) is 77.5 Å². The third-order valence-corrected chi connectivity index (χ3v) is 5.59. The van der Waals surface area contributed by atoms with Crippen molar-refractivity contribution >= 4 is 11.6 Å². The van der Waals surface area contributed by atoms with Crippen molar-refractivity contribution in [1.82, 2.24) is 4.98 Å². The molecule has 2 aromatic carbocycles. The Morgan fingerprint density at radius 1 is 1.12 bits per heavy atom. The molecule has 1 amide bonds. The second-order valence-electron chi connectivity index (χ2n) is 7.80. The van der Waals surface area contributed by atoms with Crippen LogP contribution < -0.4 is 15.4 Å². The van der Waals surface area contributed by atoms with Crippen molar-refractivity contribution in [2.24, 2.45) is 5.73 Å². The van der Waals surface area contributed by atoms with E-state index in [1.165, 1.54) is 6.07 Å². The van der Waals surface area contributed by atoms with Gasteiger partial charge >= 0.3 is 6.18 Å². The first-order valence-electron chi connectivity index (χ1n) is 10.3. The van der Waals surface area contributed by atoms with Gasteiger partial charge in [-0.25, -0.2) is 4.98 Å². The van der Waals surface area contributed by atoms with E-state index in [-0.39, 0.29) is 18.6 Å². The highest BCUT2D eigenvalue weighted by atomic mass is 19.4. The highest BCUT2D eigenvalue weighted by Gasteiger charge is 2.31. The summed E-state index contributed by atoms with van der Waals surface area (Å²) < 4.78 is 43.9. The Hall–Kier alpha value is -3.59. The number of ether oxygens (including phenoxy) is 1. The maximum Gasteiger partial charge on any atom is 0.417 e. The first-order valence-corrected chi connectivity index (χ1v) is 10.3. The van der Waals surface area contributed by atoms with Gasteiger partial charge in [-0.3, -0.25) is 4.79 Å². The Labute approximate surface area is 188 Å². The number of aliphatic hydroxyl groups excluding tert-OH is 1. The molecule has 6 nitrogen and oxygen atoms in total. The molecule has 9 heteroatoms. The van der Waals surface area contributed by atoms with Crippen molar-refractivity contribution < 1.29 is 27.8 Å². The number of alkyl halides is 3. The number of carbonyl (C=O) groups excluding carboxylic acids is 1. The summed E-state index contributed by atoms with van der Waals surface area (Å²) in [5.41, 5.74) is 8.26. The number of pyridine rings is 1. The Morgan fingerprint density at radius 3 is 2.45 bits per heavy atom. The van der Waals surface area contributed by atoms with E-state index in [2.05, 4.69) is 9.88 Å². The van der Waals surface area contributed by atoms with Crippen LogP contribution in [0.3, 0.4) is 0 Å². The number of aliphatic hydroxyl groups is 1. The molecule has 1 saturated heterocycles. The molecule has 1 aliphatic heterocycles. The van der Waals surface area contributed by atoms with E-state index in [1.807, 2.05) is 18.2 Å². The third-order valence-electron chi connectivity index (χ3n) is 5.59. The lowest BCUT2D eigenvalue weighted by Gasteiger charge is -2.22. The monoisotopic (exact) mass is 457 g/mol. The van der Waals surface area contributed by atoms with Crippen LogP contribution in [0.2, 0.25) is 0 Å². The molecule has 1 aliphatic rings. The molecule has 0 radical (unpaired) electrons. The van der Waals surface area contributed by atoms with Crippen LogP contribution in [0.1, 0.15) is 27.9 Å². The van der Waals surface area contributed by atoms with Gasteiger partial charge in [-0.05, 0) is 41.5 Å². The van der Waals surface area contributed by atoms with E-state index < -0.39 is 17.6 Å². The number of carbonyl (C=O) groups is 1. The fraction of sp³-hybridized carbons (Fsp3) is 0.250. The molecule has 0 saturated carbocycles. The lowest BCUT2D eigenvalue weighted by Crippen LogP contribution is -2.25. The molecule has 2 heterocycles. The van der Waals surface area contributed by atoms with Crippen molar-refractivity contribution in [1.29, 1.82) is 0 Å². The summed E-state index contributed by atoms with van der Waals surface area (Å²) in [6, 6.07) is 14.8. The van der Waals surface area contributed by atoms with Crippen molar-refractivity contribution in [3.8, 4) is 17.0 Å². The number of benzene rings is 2. The van der Waals surface area contributed by atoms with Crippen LogP contribution in [0.4, 0.5) is 18.9 Å². The predicted molar refractivity (Wildman–Crippen MR) is 117 cm³/mol. The molecule has 0 spiro atoms. The maximum atomic E-state index is 12.7. The van der Waals surface area contributed by atoms with Crippen molar-refractivity contribution in [2.75, 3.05) is 18.0 Å². The first kappa shape index (κ1) is 22.6. The third kappa shape index (κ3) is 5.09.